The number of pyridine rings is 1. The van der Waals surface area contributed by atoms with Crippen LogP contribution in [0.5, 0.6) is 0 Å². The number of benzene rings is 1. The first-order chi connectivity index (χ1) is 17.1. The van der Waals surface area contributed by atoms with Crippen LogP contribution in [0.1, 0.15) is 16.2 Å². The Balaban J connectivity index is 1.14. The molecule has 6 rings (SSSR count). The van der Waals surface area contributed by atoms with E-state index < -0.39 is 5.82 Å². The Morgan fingerprint density at radius 2 is 1.91 bits per heavy atom. The smallest absolute Gasteiger partial charge is 0.282 e. The topological polar surface area (TPSA) is 87.5 Å². The third kappa shape index (κ3) is 4.06. The molecule has 4 aromatic rings. The van der Waals surface area contributed by atoms with Crippen molar-refractivity contribution in [2.45, 2.75) is 12.5 Å². The number of aromatic nitrogens is 4. The van der Waals surface area contributed by atoms with Crippen LogP contribution in [0.3, 0.4) is 0 Å². The summed E-state index contributed by atoms with van der Waals surface area (Å²) in [6.07, 6.45) is 4.99. The van der Waals surface area contributed by atoms with Crippen LogP contribution >= 0.6 is 11.3 Å². The van der Waals surface area contributed by atoms with E-state index in [-0.39, 0.29) is 17.9 Å². The third-order valence-electron chi connectivity index (χ3n) is 6.63. The number of hydrogen-bond acceptors (Lipinski definition) is 7. The normalized spacial score (nSPS) is 19.1. The van der Waals surface area contributed by atoms with Gasteiger partial charge < -0.3 is 9.80 Å². The van der Waals surface area contributed by atoms with E-state index >= 15 is 0 Å². The summed E-state index contributed by atoms with van der Waals surface area (Å²) in [5.41, 5.74) is 1.66. The molecule has 0 bridgehead atoms. The van der Waals surface area contributed by atoms with E-state index in [1.165, 1.54) is 17.4 Å². The van der Waals surface area contributed by atoms with Crippen LogP contribution in [0.15, 0.2) is 54.3 Å². The highest BCUT2D eigenvalue weighted by Gasteiger charge is 2.36. The van der Waals surface area contributed by atoms with Crippen LogP contribution < -0.4 is 4.90 Å². The lowest BCUT2D eigenvalue weighted by atomic mass is 10.2. The first-order valence-corrected chi connectivity index (χ1v) is 12.3. The van der Waals surface area contributed by atoms with Gasteiger partial charge in [-0.05, 0) is 30.3 Å². The highest BCUT2D eigenvalue weighted by molar-refractivity contribution is 7.11. The summed E-state index contributed by atoms with van der Waals surface area (Å²) in [5.74, 6) is 0.192. The lowest BCUT2D eigenvalue weighted by Crippen LogP contribution is -2.52. The lowest BCUT2D eigenvalue weighted by Gasteiger charge is -2.37. The number of nitrogens with zero attached hydrogens (tertiary/aromatic N) is 7. The monoisotopic (exact) mass is 491 g/mol. The van der Waals surface area contributed by atoms with Gasteiger partial charge in [-0.25, -0.2) is 19.0 Å². The molecule has 0 aliphatic carbocycles. The van der Waals surface area contributed by atoms with Crippen LogP contribution in [-0.4, -0.2) is 80.1 Å². The summed E-state index contributed by atoms with van der Waals surface area (Å²) >= 11 is 1.36. The summed E-state index contributed by atoms with van der Waals surface area (Å²) in [5, 5.41) is 7.60. The quantitative estimate of drug-likeness (QED) is 0.436. The highest BCUT2D eigenvalue weighted by atomic mass is 32.1. The van der Waals surface area contributed by atoms with Crippen molar-refractivity contribution < 1.29 is 14.0 Å². The second-order valence-corrected chi connectivity index (χ2v) is 9.56. The molecule has 0 saturated carbocycles. The average molecular weight is 492 g/mol. The molecule has 3 aromatic heterocycles. The molecular formula is C24H22FN7O2S. The molecule has 35 heavy (non-hydrogen) atoms. The first-order valence-electron chi connectivity index (χ1n) is 11.4. The third-order valence-corrected chi connectivity index (χ3v) is 7.39. The van der Waals surface area contributed by atoms with Gasteiger partial charge in [-0.2, -0.15) is 5.10 Å². The van der Waals surface area contributed by atoms with Gasteiger partial charge in [0.2, 0.25) is 5.91 Å². The largest absolute Gasteiger partial charge is 0.334 e. The molecule has 0 N–H and O–H groups in total. The maximum Gasteiger partial charge on any atom is 0.282 e. The van der Waals surface area contributed by atoms with E-state index in [9.17, 15) is 14.0 Å². The summed E-state index contributed by atoms with van der Waals surface area (Å²) in [6, 6.07) is 8.81. The van der Waals surface area contributed by atoms with Crippen molar-refractivity contribution in [2.24, 2.45) is 0 Å². The number of anilines is 1. The molecular weight excluding hydrogens is 469 g/mol. The summed E-state index contributed by atoms with van der Waals surface area (Å²) < 4.78 is 14.9. The molecule has 178 valence electrons. The van der Waals surface area contributed by atoms with E-state index in [0.29, 0.717) is 36.9 Å². The maximum atomic E-state index is 13.2. The van der Waals surface area contributed by atoms with Crippen molar-refractivity contribution in [3.8, 4) is 5.82 Å². The number of fused-ring (bicyclic) bond motifs is 1. The van der Waals surface area contributed by atoms with Crippen molar-refractivity contribution in [2.75, 3.05) is 37.6 Å². The predicted octanol–water partition coefficient (Wildman–Crippen LogP) is 2.58. The van der Waals surface area contributed by atoms with Crippen molar-refractivity contribution in [3.05, 3.63) is 65.1 Å². The number of rotatable bonds is 4. The van der Waals surface area contributed by atoms with Gasteiger partial charge in [0, 0.05) is 67.8 Å². The Bertz CT molecular complexity index is 1380. The molecule has 1 aromatic carbocycles. The standard InChI is InChI=1S/C24H22FN7O2S/c25-17-1-4-21(27-14-17)32-20-3-2-18(11-16(20)13-28-32)31-15-19(12-22(31)33)29-6-8-30(9-7-29)24(34)23-26-5-10-35-23/h1-5,10-11,13-14,19H,6-9,12,15H2. The van der Waals surface area contributed by atoms with Gasteiger partial charge in [0.05, 0.1) is 17.9 Å². The number of hydrogen-bond donors (Lipinski definition) is 0. The van der Waals surface area contributed by atoms with Gasteiger partial charge in [0.25, 0.3) is 5.91 Å². The zero-order chi connectivity index (χ0) is 23.9. The second-order valence-electron chi connectivity index (χ2n) is 8.66. The summed E-state index contributed by atoms with van der Waals surface area (Å²) in [7, 11) is 0. The van der Waals surface area contributed by atoms with E-state index in [0.717, 1.165) is 35.9 Å². The van der Waals surface area contributed by atoms with Crippen LogP contribution in [0.25, 0.3) is 16.7 Å². The molecule has 1 atom stereocenters. The fraction of sp³-hybridized carbons (Fsp3) is 0.292. The molecule has 11 heteroatoms. The average Bonchev–Trinajstić information content (AvgIpc) is 3.64. The number of carbonyl (C=O) groups is 2. The van der Waals surface area contributed by atoms with Crippen LogP contribution in [0.4, 0.5) is 10.1 Å². The van der Waals surface area contributed by atoms with Crippen LogP contribution in [0, 0.1) is 5.82 Å². The van der Waals surface area contributed by atoms with E-state index in [4.69, 9.17) is 0 Å². The molecule has 2 fully saturated rings. The predicted molar refractivity (Wildman–Crippen MR) is 129 cm³/mol. The Morgan fingerprint density at radius 1 is 1.06 bits per heavy atom. The first kappa shape index (κ1) is 21.8. The number of piperazine rings is 1. The molecule has 0 radical (unpaired) electrons. The van der Waals surface area contributed by atoms with Gasteiger partial charge in [0.1, 0.15) is 5.82 Å². The fourth-order valence-corrected chi connectivity index (χ4v) is 5.40. The van der Waals surface area contributed by atoms with Crippen molar-refractivity contribution in [1.82, 2.24) is 29.5 Å². The van der Waals surface area contributed by atoms with Crippen LogP contribution in [0.2, 0.25) is 0 Å². The van der Waals surface area contributed by atoms with Crippen molar-refractivity contribution in [3.63, 3.8) is 0 Å². The Labute approximate surface area is 204 Å². The Kier molecular flexibility index (Phi) is 5.50. The number of carbonyl (C=O) groups excluding carboxylic acids is 2. The maximum absolute atomic E-state index is 13.2. The minimum atomic E-state index is -0.401. The fourth-order valence-electron chi connectivity index (χ4n) is 4.80. The van der Waals surface area contributed by atoms with E-state index in [1.54, 1.807) is 23.1 Å². The van der Waals surface area contributed by atoms with Gasteiger partial charge in [0.15, 0.2) is 10.8 Å². The molecule has 9 nitrogen and oxygen atoms in total. The van der Waals surface area contributed by atoms with E-state index in [1.807, 2.05) is 33.4 Å². The minimum Gasteiger partial charge on any atom is -0.334 e. The zero-order valence-corrected chi connectivity index (χ0v) is 19.6. The van der Waals surface area contributed by atoms with Gasteiger partial charge >= 0.3 is 0 Å². The zero-order valence-electron chi connectivity index (χ0n) is 18.7. The molecule has 2 aliphatic heterocycles. The molecule has 0 spiro atoms. The number of amides is 2. The second kappa shape index (κ2) is 8.82. The van der Waals surface area contributed by atoms with Gasteiger partial charge in [-0.3, -0.25) is 14.5 Å². The number of halogens is 1. The Morgan fingerprint density at radius 3 is 2.66 bits per heavy atom. The molecule has 5 heterocycles. The molecule has 2 saturated heterocycles. The molecule has 2 amide bonds. The van der Waals surface area contributed by atoms with Gasteiger partial charge in [-0.15, -0.1) is 11.3 Å². The summed E-state index contributed by atoms with van der Waals surface area (Å²) in [4.78, 5) is 39.7. The van der Waals surface area contributed by atoms with Crippen molar-refractivity contribution in [1.29, 1.82) is 0 Å². The molecule has 1 unspecified atom stereocenters. The van der Waals surface area contributed by atoms with Crippen LogP contribution in [-0.2, 0) is 4.79 Å². The minimum absolute atomic E-state index is 0.0199. The lowest BCUT2D eigenvalue weighted by molar-refractivity contribution is -0.117. The van der Waals surface area contributed by atoms with Crippen molar-refractivity contribution >= 4 is 39.7 Å². The SMILES string of the molecule is O=C(c1nccs1)N1CCN(C2CC(=O)N(c3ccc4c(cnn4-c4ccc(F)cn4)c3)C2)CC1. The Hall–Kier alpha value is -3.70. The van der Waals surface area contributed by atoms with Gasteiger partial charge in [-0.1, -0.05) is 0 Å². The van der Waals surface area contributed by atoms with E-state index in [2.05, 4.69) is 20.0 Å². The summed E-state index contributed by atoms with van der Waals surface area (Å²) in [6.45, 7) is 3.34. The number of thiazole rings is 1. The molecule has 2 aliphatic rings. The highest BCUT2D eigenvalue weighted by Crippen LogP contribution is 2.29.